The van der Waals surface area contributed by atoms with Crippen molar-refractivity contribution in [1.29, 1.82) is 0 Å². The summed E-state index contributed by atoms with van der Waals surface area (Å²) in [7, 11) is 0. The first-order valence-electron chi connectivity index (χ1n) is 9.43. The zero-order valence-electron chi connectivity index (χ0n) is 16.2. The zero-order valence-corrected chi connectivity index (χ0v) is 16.2. The van der Waals surface area contributed by atoms with Crippen LogP contribution in [0.25, 0.3) is 28.0 Å². The Balaban J connectivity index is 1.86. The third kappa shape index (κ3) is 3.80. The molecule has 0 saturated carbocycles. The number of carbonyl (C=O) groups is 1. The molecule has 29 heavy (non-hydrogen) atoms. The number of aromatic nitrogens is 4. The number of nitrogens with one attached hydrogen (secondary N) is 1. The second-order valence-electron chi connectivity index (χ2n) is 7.06. The number of pyridine rings is 1. The Labute approximate surface area is 167 Å². The molecular weight excluding hydrogens is 366 g/mol. The summed E-state index contributed by atoms with van der Waals surface area (Å²) in [6, 6.07) is 18.7. The summed E-state index contributed by atoms with van der Waals surface area (Å²) in [5, 5.41) is 12.0. The van der Waals surface area contributed by atoms with E-state index in [0.29, 0.717) is 5.69 Å². The number of hydrogen-bond acceptors (Lipinski definition) is 4. The van der Waals surface area contributed by atoms with Crippen molar-refractivity contribution in [2.45, 2.75) is 26.4 Å². The van der Waals surface area contributed by atoms with E-state index in [9.17, 15) is 9.59 Å². The molecule has 0 saturated heterocycles. The van der Waals surface area contributed by atoms with Crippen LogP contribution in [0.1, 0.15) is 13.8 Å². The molecule has 1 aromatic carbocycles. The monoisotopic (exact) mass is 387 g/mol. The molecule has 0 aliphatic carbocycles. The smallest absolute Gasteiger partial charge is 0.267 e. The van der Waals surface area contributed by atoms with Gasteiger partial charge in [-0.2, -0.15) is 10.2 Å². The van der Waals surface area contributed by atoms with Crippen LogP contribution in [0.15, 0.2) is 71.7 Å². The van der Waals surface area contributed by atoms with Gasteiger partial charge in [-0.05, 0) is 32.0 Å². The first-order chi connectivity index (χ1) is 14.0. The highest BCUT2D eigenvalue weighted by molar-refractivity contribution is 5.90. The van der Waals surface area contributed by atoms with E-state index in [-0.39, 0.29) is 24.1 Å². The molecule has 4 rings (SSSR count). The molecular formula is C22H21N5O2. The van der Waals surface area contributed by atoms with Gasteiger partial charge in [-0.1, -0.05) is 36.4 Å². The lowest BCUT2D eigenvalue weighted by molar-refractivity contribution is -0.122. The van der Waals surface area contributed by atoms with Crippen molar-refractivity contribution in [1.82, 2.24) is 24.7 Å². The van der Waals surface area contributed by atoms with Crippen LogP contribution in [0, 0.1) is 0 Å². The van der Waals surface area contributed by atoms with E-state index in [1.165, 1.54) is 10.7 Å². The van der Waals surface area contributed by atoms with Crippen molar-refractivity contribution in [3.05, 3.63) is 77.2 Å². The van der Waals surface area contributed by atoms with Crippen molar-refractivity contribution in [2.75, 3.05) is 0 Å². The maximum atomic E-state index is 12.3. The highest BCUT2D eigenvalue weighted by Crippen LogP contribution is 2.33. The zero-order chi connectivity index (χ0) is 20.4. The van der Waals surface area contributed by atoms with E-state index in [2.05, 4.69) is 10.4 Å². The Morgan fingerprint density at radius 2 is 1.76 bits per heavy atom. The average Bonchev–Trinajstić information content (AvgIpc) is 3.09. The minimum atomic E-state index is -0.328. The molecule has 0 aliphatic rings. The van der Waals surface area contributed by atoms with Gasteiger partial charge in [0.25, 0.3) is 5.56 Å². The number of nitrogens with zero attached hydrogens (tertiary/aromatic N) is 4. The fourth-order valence-electron chi connectivity index (χ4n) is 3.25. The number of amides is 1. The lowest BCUT2D eigenvalue weighted by Gasteiger charge is -2.10. The summed E-state index contributed by atoms with van der Waals surface area (Å²) in [6.45, 7) is 3.61. The van der Waals surface area contributed by atoms with Gasteiger partial charge in [0.05, 0.1) is 16.8 Å². The molecule has 0 fully saturated rings. The van der Waals surface area contributed by atoms with Crippen LogP contribution in [-0.4, -0.2) is 31.3 Å². The van der Waals surface area contributed by atoms with Crippen LogP contribution in [0.2, 0.25) is 0 Å². The van der Waals surface area contributed by atoms with E-state index < -0.39 is 0 Å². The van der Waals surface area contributed by atoms with Gasteiger partial charge in [0, 0.05) is 23.9 Å². The Morgan fingerprint density at radius 3 is 2.52 bits per heavy atom. The molecule has 3 heterocycles. The quantitative estimate of drug-likeness (QED) is 0.571. The maximum absolute atomic E-state index is 12.3. The normalized spacial score (nSPS) is 11.1. The first-order valence-corrected chi connectivity index (χ1v) is 9.43. The van der Waals surface area contributed by atoms with Crippen molar-refractivity contribution in [2.24, 2.45) is 0 Å². The third-order valence-corrected chi connectivity index (χ3v) is 4.45. The summed E-state index contributed by atoms with van der Waals surface area (Å²) < 4.78 is 2.98. The molecule has 4 aromatic rings. The summed E-state index contributed by atoms with van der Waals surface area (Å²) in [4.78, 5) is 24.4. The summed E-state index contributed by atoms with van der Waals surface area (Å²) in [6.07, 6.45) is 1.87. The SMILES string of the molecule is CC(C)NC(=O)Cn1nc(-c2c(-c3ccccc3)nn3ccccc23)ccc1=O. The predicted octanol–water partition coefficient (Wildman–Crippen LogP) is 2.75. The van der Waals surface area contributed by atoms with Crippen LogP contribution in [0.5, 0.6) is 0 Å². The van der Waals surface area contributed by atoms with Gasteiger partial charge in [-0.25, -0.2) is 9.20 Å². The van der Waals surface area contributed by atoms with Gasteiger partial charge >= 0.3 is 0 Å². The average molecular weight is 387 g/mol. The standard InChI is InChI=1S/C22H21N5O2/c1-15(2)23-19(28)14-27-20(29)12-11-17(24-27)21-18-10-6-7-13-26(18)25-22(21)16-8-4-3-5-9-16/h3-13,15H,14H2,1-2H3,(H,23,28). The molecule has 7 heteroatoms. The molecule has 7 nitrogen and oxygen atoms in total. The fraction of sp³-hybridized carbons (Fsp3) is 0.182. The van der Waals surface area contributed by atoms with Crippen molar-refractivity contribution >= 4 is 11.4 Å². The minimum absolute atomic E-state index is 0.00862. The lowest BCUT2D eigenvalue weighted by Crippen LogP contribution is -2.36. The van der Waals surface area contributed by atoms with Gasteiger partial charge in [0.2, 0.25) is 5.91 Å². The van der Waals surface area contributed by atoms with E-state index in [1.807, 2.05) is 68.6 Å². The van der Waals surface area contributed by atoms with Crippen LogP contribution in [0.4, 0.5) is 0 Å². The van der Waals surface area contributed by atoms with E-state index in [0.717, 1.165) is 22.3 Å². The largest absolute Gasteiger partial charge is 0.352 e. The van der Waals surface area contributed by atoms with Crippen molar-refractivity contribution < 1.29 is 4.79 Å². The van der Waals surface area contributed by atoms with Crippen LogP contribution < -0.4 is 10.9 Å². The molecule has 0 spiro atoms. The van der Waals surface area contributed by atoms with Crippen molar-refractivity contribution in [3.8, 4) is 22.5 Å². The Kier molecular flexibility index (Phi) is 4.95. The predicted molar refractivity (Wildman–Crippen MR) is 111 cm³/mol. The van der Waals surface area contributed by atoms with Gasteiger partial charge in [0.1, 0.15) is 12.2 Å². The maximum Gasteiger partial charge on any atom is 0.267 e. The molecule has 0 radical (unpaired) electrons. The number of hydrogen-bond donors (Lipinski definition) is 1. The summed E-state index contributed by atoms with van der Waals surface area (Å²) in [5.41, 5.74) is 3.65. The lowest BCUT2D eigenvalue weighted by atomic mass is 10.0. The van der Waals surface area contributed by atoms with E-state index in [4.69, 9.17) is 5.10 Å². The third-order valence-electron chi connectivity index (χ3n) is 4.45. The van der Waals surface area contributed by atoms with E-state index in [1.54, 1.807) is 10.6 Å². The second-order valence-corrected chi connectivity index (χ2v) is 7.06. The molecule has 3 aromatic heterocycles. The minimum Gasteiger partial charge on any atom is -0.352 e. The number of rotatable bonds is 5. The molecule has 0 unspecified atom stereocenters. The molecule has 1 amide bonds. The van der Waals surface area contributed by atoms with Crippen LogP contribution in [0.3, 0.4) is 0 Å². The number of fused-ring (bicyclic) bond motifs is 1. The summed E-state index contributed by atoms with van der Waals surface area (Å²) >= 11 is 0. The van der Waals surface area contributed by atoms with Gasteiger partial charge in [-0.15, -0.1) is 0 Å². The summed E-state index contributed by atoms with van der Waals surface area (Å²) in [5.74, 6) is -0.255. The molecule has 146 valence electrons. The number of carbonyl (C=O) groups excluding carboxylic acids is 1. The van der Waals surface area contributed by atoms with Crippen molar-refractivity contribution in [3.63, 3.8) is 0 Å². The highest BCUT2D eigenvalue weighted by atomic mass is 16.2. The topological polar surface area (TPSA) is 81.3 Å². The van der Waals surface area contributed by atoms with Gasteiger partial charge in [-0.3, -0.25) is 9.59 Å². The van der Waals surface area contributed by atoms with E-state index >= 15 is 0 Å². The van der Waals surface area contributed by atoms with Gasteiger partial charge < -0.3 is 5.32 Å². The first kappa shape index (κ1) is 18.6. The fourth-order valence-corrected chi connectivity index (χ4v) is 3.25. The highest BCUT2D eigenvalue weighted by Gasteiger charge is 2.18. The van der Waals surface area contributed by atoms with Crippen LogP contribution >= 0.6 is 0 Å². The Morgan fingerprint density at radius 1 is 1.00 bits per heavy atom. The second kappa shape index (κ2) is 7.71. The molecule has 0 bridgehead atoms. The molecule has 0 atom stereocenters. The Bertz CT molecular complexity index is 1220. The van der Waals surface area contributed by atoms with Gasteiger partial charge in [0.15, 0.2) is 0 Å². The molecule has 1 N–H and O–H groups in total. The van der Waals surface area contributed by atoms with Crippen LogP contribution in [-0.2, 0) is 11.3 Å². The Hall–Kier alpha value is -3.74. The number of benzene rings is 1. The molecule has 0 aliphatic heterocycles.